The zero-order chi connectivity index (χ0) is 19.6. The van der Waals surface area contributed by atoms with Gasteiger partial charge >= 0.3 is 0 Å². The Morgan fingerprint density at radius 3 is 2.30 bits per heavy atom. The van der Waals surface area contributed by atoms with Crippen LogP contribution in [0.4, 0.5) is 0 Å². The maximum Gasteiger partial charge on any atom is 0.193 e. The molecule has 1 aromatic rings. The second-order valence-electron chi connectivity index (χ2n) is 6.46. The summed E-state index contributed by atoms with van der Waals surface area (Å²) in [4.78, 5) is 6.73. The number of ether oxygens (including phenoxy) is 2. The smallest absolute Gasteiger partial charge is 0.193 e. The number of hydrogen-bond donors (Lipinski definition) is 2. The zero-order valence-corrected chi connectivity index (χ0v) is 19.9. The predicted octanol–water partition coefficient (Wildman–Crippen LogP) is 3.31. The normalized spacial score (nSPS) is 11.6. The van der Waals surface area contributed by atoms with E-state index in [0.29, 0.717) is 19.4 Å². The lowest BCUT2D eigenvalue weighted by Crippen LogP contribution is -2.41. The summed E-state index contributed by atoms with van der Waals surface area (Å²) in [5.41, 5.74) is 0.439. The summed E-state index contributed by atoms with van der Waals surface area (Å²) in [7, 11) is 5.30. The minimum Gasteiger partial charge on any atom is -0.493 e. The van der Waals surface area contributed by atoms with E-state index < -0.39 is 5.60 Å². The number of benzene rings is 1. The van der Waals surface area contributed by atoms with Crippen molar-refractivity contribution >= 4 is 29.9 Å². The van der Waals surface area contributed by atoms with Gasteiger partial charge in [-0.3, -0.25) is 4.99 Å². The van der Waals surface area contributed by atoms with Crippen LogP contribution in [-0.2, 0) is 6.42 Å². The molecule has 0 unspecified atom stereocenters. The molecule has 2 N–H and O–H groups in total. The highest BCUT2D eigenvalue weighted by atomic mass is 127. The van der Waals surface area contributed by atoms with Crippen LogP contribution in [-0.4, -0.2) is 62.5 Å². The fourth-order valence-corrected chi connectivity index (χ4v) is 2.60. The molecular weight excluding hydrogens is 457 g/mol. The topological polar surface area (TPSA) is 66.3 Å². The third kappa shape index (κ3) is 8.13. The van der Waals surface area contributed by atoms with E-state index in [1.807, 2.05) is 46.0 Å². The van der Waals surface area contributed by atoms with Crippen LogP contribution in [0.25, 0.3) is 0 Å². The van der Waals surface area contributed by atoms with Gasteiger partial charge in [0.15, 0.2) is 17.5 Å². The van der Waals surface area contributed by atoms with Gasteiger partial charge < -0.3 is 24.8 Å². The number of nitrogens with zero attached hydrogens (tertiary/aromatic N) is 2. The van der Waals surface area contributed by atoms with Crippen molar-refractivity contribution in [1.29, 1.82) is 0 Å². The second kappa shape index (κ2) is 13.0. The van der Waals surface area contributed by atoms with Gasteiger partial charge in [0, 0.05) is 20.1 Å². The lowest BCUT2D eigenvalue weighted by Gasteiger charge is -2.26. The molecule has 0 aromatic heterocycles. The number of guanidine groups is 1. The molecule has 0 aliphatic heterocycles. The van der Waals surface area contributed by atoms with Crippen molar-refractivity contribution in [3.05, 3.63) is 23.8 Å². The lowest BCUT2D eigenvalue weighted by atomic mass is 9.98. The summed E-state index contributed by atoms with van der Waals surface area (Å²) in [6.07, 6.45) is 2.25. The summed E-state index contributed by atoms with van der Waals surface area (Å²) in [6.45, 7) is 8.03. The standard InChI is InChI=1S/C20H35N3O3.HI/c1-7-20(24,8-2)15-22-19(21-9-3)23(4)13-12-16-10-11-17(25-5)18(14-16)26-6;/h10-11,14,24H,7-9,12-13,15H2,1-6H3,(H,21,22);1H. The van der Waals surface area contributed by atoms with E-state index in [9.17, 15) is 5.11 Å². The van der Waals surface area contributed by atoms with Crippen LogP contribution in [0.1, 0.15) is 39.2 Å². The molecule has 1 rings (SSSR count). The van der Waals surface area contributed by atoms with Crippen molar-refractivity contribution in [3.63, 3.8) is 0 Å². The van der Waals surface area contributed by atoms with E-state index in [4.69, 9.17) is 9.47 Å². The number of nitrogens with one attached hydrogen (secondary N) is 1. The van der Waals surface area contributed by atoms with Gasteiger partial charge in [-0.1, -0.05) is 19.9 Å². The Kier molecular flexibility index (Phi) is 12.5. The molecule has 1 aromatic carbocycles. The molecule has 0 saturated carbocycles. The van der Waals surface area contributed by atoms with Gasteiger partial charge in [-0.25, -0.2) is 0 Å². The molecule has 0 aliphatic rings. The Morgan fingerprint density at radius 2 is 1.78 bits per heavy atom. The minimum absolute atomic E-state index is 0. The lowest BCUT2D eigenvalue weighted by molar-refractivity contribution is 0.0416. The molecule has 7 heteroatoms. The van der Waals surface area contributed by atoms with Gasteiger partial charge in [-0.05, 0) is 43.9 Å². The Hall–Kier alpha value is -1.22. The zero-order valence-electron chi connectivity index (χ0n) is 17.5. The molecule has 0 heterocycles. The molecule has 0 spiro atoms. The first-order chi connectivity index (χ1) is 12.4. The highest BCUT2D eigenvalue weighted by Gasteiger charge is 2.22. The van der Waals surface area contributed by atoms with Crippen LogP contribution in [0, 0.1) is 0 Å². The summed E-state index contributed by atoms with van der Waals surface area (Å²) in [5.74, 6) is 2.29. The van der Waals surface area contributed by atoms with Crippen LogP contribution in [0.3, 0.4) is 0 Å². The average Bonchev–Trinajstić information content (AvgIpc) is 2.68. The predicted molar refractivity (Wildman–Crippen MR) is 123 cm³/mol. The third-order valence-corrected chi connectivity index (χ3v) is 4.72. The maximum atomic E-state index is 10.5. The Morgan fingerprint density at radius 1 is 1.15 bits per heavy atom. The monoisotopic (exact) mass is 493 g/mol. The molecule has 27 heavy (non-hydrogen) atoms. The van der Waals surface area contributed by atoms with Crippen LogP contribution >= 0.6 is 24.0 Å². The highest BCUT2D eigenvalue weighted by molar-refractivity contribution is 14.0. The van der Waals surface area contributed by atoms with Crippen LogP contribution in [0.15, 0.2) is 23.2 Å². The number of methoxy groups -OCH3 is 2. The van der Waals surface area contributed by atoms with Crippen molar-refractivity contribution in [3.8, 4) is 11.5 Å². The first-order valence-electron chi connectivity index (χ1n) is 9.35. The van der Waals surface area contributed by atoms with Gasteiger partial charge in [0.1, 0.15) is 0 Å². The summed E-state index contributed by atoms with van der Waals surface area (Å²) >= 11 is 0. The van der Waals surface area contributed by atoms with Crippen molar-refractivity contribution in [2.45, 2.75) is 45.6 Å². The van der Waals surface area contributed by atoms with Crippen LogP contribution in [0.5, 0.6) is 11.5 Å². The molecule has 6 nitrogen and oxygen atoms in total. The maximum absolute atomic E-state index is 10.5. The number of likely N-dealkylation sites (N-methyl/N-ethyl adjacent to an activating group) is 1. The molecule has 0 radical (unpaired) electrons. The Balaban J connectivity index is 0.00000676. The molecule has 0 aliphatic carbocycles. The largest absolute Gasteiger partial charge is 0.493 e. The van der Waals surface area contributed by atoms with E-state index in [-0.39, 0.29) is 24.0 Å². The Bertz CT molecular complexity index is 578. The van der Waals surface area contributed by atoms with Gasteiger partial charge in [0.25, 0.3) is 0 Å². The van der Waals surface area contributed by atoms with Crippen molar-refractivity contribution in [1.82, 2.24) is 10.2 Å². The van der Waals surface area contributed by atoms with E-state index >= 15 is 0 Å². The number of aliphatic hydroxyl groups is 1. The number of rotatable bonds is 10. The minimum atomic E-state index is -0.731. The first-order valence-corrected chi connectivity index (χ1v) is 9.35. The molecule has 0 saturated heterocycles. The third-order valence-electron chi connectivity index (χ3n) is 4.72. The summed E-state index contributed by atoms with van der Waals surface area (Å²) in [6, 6.07) is 5.98. The van der Waals surface area contributed by atoms with Gasteiger partial charge in [0.05, 0.1) is 26.4 Å². The second-order valence-corrected chi connectivity index (χ2v) is 6.46. The van der Waals surface area contributed by atoms with Crippen LogP contribution in [0.2, 0.25) is 0 Å². The SMILES string of the molecule is CCNC(=NCC(O)(CC)CC)N(C)CCc1ccc(OC)c(OC)c1.I. The van der Waals surface area contributed by atoms with Crippen LogP contribution < -0.4 is 14.8 Å². The molecule has 0 fully saturated rings. The number of hydrogen-bond acceptors (Lipinski definition) is 4. The molecule has 0 atom stereocenters. The fourth-order valence-electron chi connectivity index (χ4n) is 2.60. The average molecular weight is 493 g/mol. The number of aliphatic imine (C=N–C) groups is 1. The summed E-state index contributed by atoms with van der Waals surface area (Å²) in [5, 5.41) is 13.8. The quantitative estimate of drug-likeness (QED) is 0.298. The van der Waals surface area contributed by atoms with E-state index in [1.54, 1.807) is 14.2 Å². The molecular formula is C20H36IN3O3. The molecule has 156 valence electrons. The van der Waals surface area contributed by atoms with E-state index in [1.165, 1.54) is 5.56 Å². The molecule has 0 bridgehead atoms. The Labute approximate surface area is 181 Å². The van der Waals surface area contributed by atoms with Crippen molar-refractivity contribution < 1.29 is 14.6 Å². The summed E-state index contributed by atoms with van der Waals surface area (Å²) < 4.78 is 10.7. The van der Waals surface area contributed by atoms with Crippen molar-refractivity contribution in [2.24, 2.45) is 4.99 Å². The first kappa shape index (κ1) is 25.8. The van der Waals surface area contributed by atoms with Gasteiger partial charge in [-0.2, -0.15) is 0 Å². The highest BCUT2D eigenvalue weighted by Crippen LogP contribution is 2.27. The molecule has 0 amide bonds. The fraction of sp³-hybridized carbons (Fsp3) is 0.650. The van der Waals surface area contributed by atoms with Gasteiger partial charge in [-0.15, -0.1) is 24.0 Å². The van der Waals surface area contributed by atoms with Crippen molar-refractivity contribution in [2.75, 3.05) is 40.9 Å². The van der Waals surface area contributed by atoms with E-state index in [0.717, 1.165) is 37.0 Å². The van der Waals surface area contributed by atoms with Gasteiger partial charge in [0.2, 0.25) is 0 Å². The number of halogens is 1. The van der Waals surface area contributed by atoms with E-state index in [2.05, 4.69) is 15.2 Å².